The normalized spacial score (nSPS) is 10.7. The van der Waals surface area contributed by atoms with Crippen molar-refractivity contribution in [2.75, 3.05) is 18.9 Å². The smallest absolute Gasteiger partial charge is 0.246 e. The van der Waals surface area contributed by atoms with E-state index in [1.54, 1.807) is 11.9 Å². The van der Waals surface area contributed by atoms with Crippen molar-refractivity contribution in [3.05, 3.63) is 77.9 Å². The fourth-order valence-electron chi connectivity index (χ4n) is 2.93. The molecule has 0 aromatic heterocycles. The van der Waals surface area contributed by atoms with Crippen molar-refractivity contribution < 1.29 is 14.4 Å². The first-order valence-corrected chi connectivity index (χ1v) is 9.88. The summed E-state index contributed by atoms with van der Waals surface area (Å²) < 4.78 is 0. The van der Waals surface area contributed by atoms with Crippen LogP contribution in [0.3, 0.4) is 0 Å². The Morgan fingerprint density at radius 3 is 2.31 bits per heavy atom. The average Bonchev–Trinajstić information content (AvgIpc) is 2.73. The van der Waals surface area contributed by atoms with Crippen LogP contribution in [0, 0.1) is 0 Å². The second kappa shape index (κ2) is 12.3. The lowest BCUT2D eigenvalue weighted by Crippen LogP contribution is -2.25. The average molecular weight is 392 g/mol. The van der Waals surface area contributed by atoms with E-state index in [0.717, 1.165) is 31.4 Å². The van der Waals surface area contributed by atoms with Crippen LogP contribution in [-0.4, -0.2) is 36.6 Å². The molecule has 0 heterocycles. The van der Waals surface area contributed by atoms with Crippen molar-refractivity contribution in [3.8, 4) is 0 Å². The number of nitrogens with one attached hydrogen (secondary N) is 1. The van der Waals surface area contributed by atoms with Crippen LogP contribution in [0.15, 0.2) is 66.7 Å². The summed E-state index contributed by atoms with van der Waals surface area (Å²) in [4.78, 5) is 35.5. The summed E-state index contributed by atoms with van der Waals surface area (Å²) in [5.74, 6) is -0.190. The second-order valence-electron chi connectivity index (χ2n) is 6.97. The number of nitrogens with zero attached hydrogens (tertiary/aromatic N) is 1. The molecule has 2 rings (SSSR count). The molecule has 5 nitrogen and oxygen atoms in total. The van der Waals surface area contributed by atoms with Crippen LogP contribution in [0.4, 0.5) is 5.69 Å². The van der Waals surface area contributed by atoms with E-state index in [1.807, 2.05) is 42.5 Å². The zero-order valence-electron chi connectivity index (χ0n) is 16.8. The summed E-state index contributed by atoms with van der Waals surface area (Å²) in [5.41, 5.74) is 3.27. The Hall–Kier alpha value is -3.21. The minimum atomic E-state index is -0.189. The number of likely N-dealkylation sites (N-methyl/N-ethyl adjacent to an activating group) is 1. The van der Waals surface area contributed by atoms with Gasteiger partial charge in [-0.2, -0.15) is 0 Å². The number of anilines is 1. The minimum absolute atomic E-state index is 0.000781. The molecular weight excluding hydrogens is 364 g/mol. The van der Waals surface area contributed by atoms with Crippen LogP contribution in [0.2, 0.25) is 0 Å². The van der Waals surface area contributed by atoms with E-state index in [-0.39, 0.29) is 11.8 Å². The molecule has 0 saturated heterocycles. The van der Waals surface area contributed by atoms with E-state index in [9.17, 15) is 14.4 Å². The SMILES string of the molecule is CN(CCCCCC(=O)Nc1ccc(Cc2ccccc2)cc1)C(=O)/C=C\C=O. The number of unbranched alkanes of at least 4 members (excludes halogenated alkanes) is 2. The van der Waals surface area contributed by atoms with Gasteiger partial charge >= 0.3 is 0 Å². The van der Waals surface area contributed by atoms with Gasteiger partial charge in [0.1, 0.15) is 6.29 Å². The van der Waals surface area contributed by atoms with Crippen LogP contribution in [-0.2, 0) is 20.8 Å². The molecule has 0 aliphatic rings. The molecule has 152 valence electrons. The third-order valence-corrected chi connectivity index (χ3v) is 4.58. The third-order valence-electron chi connectivity index (χ3n) is 4.58. The van der Waals surface area contributed by atoms with E-state index >= 15 is 0 Å². The summed E-state index contributed by atoms with van der Waals surface area (Å²) in [6.07, 6.45) is 6.80. The van der Waals surface area contributed by atoms with Gasteiger partial charge in [0.05, 0.1) is 0 Å². The maximum absolute atomic E-state index is 12.1. The Morgan fingerprint density at radius 1 is 0.931 bits per heavy atom. The standard InChI is InChI=1S/C24H28N2O3/c1-26(24(29)12-8-18-27)17-7-3-6-11-23(28)25-22-15-13-21(14-16-22)19-20-9-4-2-5-10-20/h2,4-5,8-10,12-16,18H,3,6-7,11,17,19H2,1H3,(H,25,28)/b12-8-. The van der Waals surface area contributed by atoms with Gasteiger partial charge in [0.15, 0.2) is 0 Å². The Kier molecular flexibility index (Phi) is 9.36. The van der Waals surface area contributed by atoms with Crippen molar-refractivity contribution in [2.24, 2.45) is 0 Å². The third kappa shape index (κ3) is 8.56. The summed E-state index contributed by atoms with van der Waals surface area (Å²) >= 11 is 0. The molecule has 0 bridgehead atoms. The van der Waals surface area contributed by atoms with E-state index in [2.05, 4.69) is 17.4 Å². The van der Waals surface area contributed by atoms with Gasteiger partial charge in [0.25, 0.3) is 0 Å². The molecule has 0 radical (unpaired) electrons. The monoisotopic (exact) mass is 392 g/mol. The van der Waals surface area contributed by atoms with Gasteiger partial charge in [-0.3, -0.25) is 14.4 Å². The van der Waals surface area contributed by atoms with Gasteiger partial charge in [-0.1, -0.05) is 48.9 Å². The molecule has 0 atom stereocenters. The van der Waals surface area contributed by atoms with E-state index < -0.39 is 0 Å². The molecule has 0 spiro atoms. The Labute approximate surface area is 172 Å². The van der Waals surface area contributed by atoms with E-state index in [0.29, 0.717) is 19.3 Å². The molecule has 0 fully saturated rings. The van der Waals surface area contributed by atoms with Crippen molar-refractivity contribution in [1.29, 1.82) is 0 Å². The van der Waals surface area contributed by atoms with Crippen LogP contribution in [0.5, 0.6) is 0 Å². The molecule has 1 N–H and O–H groups in total. The van der Waals surface area contributed by atoms with Crippen molar-refractivity contribution in [1.82, 2.24) is 4.90 Å². The first-order chi connectivity index (χ1) is 14.1. The highest BCUT2D eigenvalue weighted by Crippen LogP contribution is 2.14. The number of allylic oxidation sites excluding steroid dienone is 1. The molecular formula is C24H28N2O3. The quantitative estimate of drug-likeness (QED) is 0.357. The zero-order valence-corrected chi connectivity index (χ0v) is 16.8. The van der Waals surface area contributed by atoms with Crippen molar-refractivity contribution >= 4 is 23.8 Å². The first kappa shape index (κ1) is 22.1. The highest BCUT2D eigenvalue weighted by molar-refractivity contribution is 5.91. The Morgan fingerprint density at radius 2 is 1.62 bits per heavy atom. The fraction of sp³-hybridized carbons (Fsp3) is 0.292. The fourth-order valence-corrected chi connectivity index (χ4v) is 2.93. The lowest BCUT2D eigenvalue weighted by atomic mass is 10.0. The molecule has 2 aromatic rings. The van der Waals surface area contributed by atoms with Gasteiger partial charge in [0.2, 0.25) is 11.8 Å². The predicted molar refractivity (Wildman–Crippen MR) is 116 cm³/mol. The number of carbonyl (C=O) groups is 3. The van der Waals surface area contributed by atoms with Gasteiger partial charge in [0, 0.05) is 31.8 Å². The van der Waals surface area contributed by atoms with E-state index in [4.69, 9.17) is 0 Å². The number of hydrogen-bond donors (Lipinski definition) is 1. The molecule has 2 amide bonds. The molecule has 0 aliphatic carbocycles. The largest absolute Gasteiger partial charge is 0.342 e. The number of hydrogen-bond acceptors (Lipinski definition) is 3. The highest BCUT2D eigenvalue weighted by atomic mass is 16.2. The van der Waals surface area contributed by atoms with E-state index in [1.165, 1.54) is 23.3 Å². The maximum Gasteiger partial charge on any atom is 0.246 e. The van der Waals surface area contributed by atoms with Crippen LogP contribution in [0.25, 0.3) is 0 Å². The number of benzene rings is 2. The first-order valence-electron chi connectivity index (χ1n) is 9.88. The zero-order chi connectivity index (χ0) is 20.9. The Bertz CT molecular complexity index is 814. The minimum Gasteiger partial charge on any atom is -0.342 e. The molecule has 0 saturated carbocycles. The predicted octanol–water partition coefficient (Wildman–Crippen LogP) is 3.99. The summed E-state index contributed by atoms with van der Waals surface area (Å²) in [5, 5.41) is 2.93. The van der Waals surface area contributed by atoms with Crippen LogP contribution >= 0.6 is 0 Å². The summed E-state index contributed by atoms with van der Waals surface area (Å²) in [6.45, 7) is 0.604. The number of amides is 2. The van der Waals surface area contributed by atoms with Crippen molar-refractivity contribution in [3.63, 3.8) is 0 Å². The van der Waals surface area contributed by atoms with Crippen LogP contribution < -0.4 is 5.32 Å². The lowest BCUT2D eigenvalue weighted by molar-refractivity contribution is -0.125. The molecule has 29 heavy (non-hydrogen) atoms. The van der Waals surface area contributed by atoms with Gasteiger partial charge in [-0.25, -0.2) is 0 Å². The van der Waals surface area contributed by atoms with Gasteiger partial charge < -0.3 is 10.2 Å². The highest BCUT2D eigenvalue weighted by Gasteiger charge is 2.06. The van der Waals surface area contributed by atoms with Gasteiger partial charge in [-0.05, 0) is 48.6 Å². The summed E-state index contributed by atoms with van der Waals surface area (Å²) in [7, 11) is 1.70. The van der Waals surface area contributed by atoms with Crippen LogP contribution in [0.1, 0.15) is 36.8 Å². The number of aldehydes is 1. The molecule has 0 unspecified atom stereocenters. The summed E-state index contributed by atoms with van der Waals surface area (Å²) in [6, 6.07) is 18.2. The molecule has 2 aromatic carbocycles. The number of carbonyl (C=O) groups excluding carboxylic acids is 3. The topological polar surface area (TPSA) is 66.5 Å². The van der Waals surface area contributed by atoms with Crippen molar-refractivity contribution in [2.45, 2.75) is 32.1 Å². The molecule has 0 aliphatic heterocycles. The Balaban J connectivity index is 1.64. The lowest BCUT2D eigenvalue weighted by Gasteiger charge is -2.14. The second-order valence-corrected chi connectivity index (χ2v) is 6.97. The van der Waals surface area contributed by atoms with Gasteiger partial charge in [-0.15, -0.1) is 0 Å². The maximum atomic E-state index is 12.1. The molecule has 5 heteroatoms. The number of rotatable bonds is 11.